The van der Waals surface area contributed by atoms with Crippen molar-refractivity contribution in [3.63, 3.8) is 0 Å². The zero-order chi connectivity index (χ0) is 14.5. The Balaban J connectivity index is 1.83. The Hall–Kier alpha value is -0.770. The van der Waals surface area contributed by atoms with Gasteiger partial charge in [0.05, 0.1) is 17.1 Å². The van der Waals surface area contributed by atoms with Crippen molar-refractivity contribution < 1.29 is 14.7 Å². The monoisotopic (exact) mass is 298 g/mol. The van der Waals surface area contributed by atoms with E-state index in [0.717, 1.165) is 6.54 Å². The van der Waals surface area contributed by atoms with Crippen LogP contribution in [0, 0.1) is 0 Å². The van der Waals surface area contributed by atoms with E-state index in [2.05, 4.69) is 13.8 Å². The number of rotatable bonds is 5. The molecule has 4 heteroatoms. The summed E-state index contributed by atoms with van der Waals surface area (Å²) in [5.41, 5.74) is 0. The first-order valence-corrected chi connectivity index (χ1v) is 7.86. The van der Waals surface area contributed by atoms with Gasteiger partial charge in [0.25, 0.3) is 0 Å². The Kier molecular flexibility index (Phi) is 5.70. The molecule has 0 saturated carbocycles. The zero-order valence-corrected chi connectivity index (χ0v) is 13.1. The van der Waals surface area contributed by atoms with Crippen molar-refractivity contribution in [2.45, 2.75) is 51.3 Å². The van der Waals surface area contributed by atoms with E-state index in [9.17, 15) is 5.11 Å². The van der Waals surface area contributed by atoms with E-state index in [1.807, 2.05) is 18.2 Å². The minimum absolute atomic E-state index is 0.298. The van der Waals surface area contributed by atoms with Gasteiger partial charge in [0.15, 0.2) is 0 Å². The average molecular weight is 299 g/mol. The molecule has 0 radical (unpaired) electrons. The summed E-state index contributed by atoms with van der Waals surface area (Å²) in [7, 11) is 0. The highest BCUT2D eigenvalue weighted by atomic mass is 35.5. The number of benzene rings is 1. The van der Waals surface area contributed by atoms with Crippen LogP contribution in [0.2, 0.25) is 5.02 Å². The van der Waals surface area contributed by atoms with Crippen LogP contribution in [-0.4, -0.2) is 36.4 Å². The standard InChI is InChI=1S/C16H24ClNO2/c1-12-6-5-7-13(2)18(12)10-14(19)11-20-16-9-4-3-8-15(16)17/h3-4,8-9,12-14,19H,5-7,10-11H2,1-2H3/p+1/t12-,13+,14-/m0/s1. The first kappa shape index (κ1) is 15.6. The highest BCUT2D eigenvalue weighted by molar-refractivity contribution is 6.32. The van der Waals surface area contributed by atoms with Crippen LogP contribution < -0.4 is 9.64 Å². The Morgan fingerprint density at radius 1 is 1.30 bits per heavy atom. The Morgan fingerprint density at radius 3 is 2.60 bits per heavy atom. The molecule has 4 atom stereocenters. The molecular weight excluding hydrogens is 274 g/mol. The van der Waals surface area contributed by atoms with Crippen molar-refractivity contribution in [2.75, 3.05) is 13.2 Å². The summed E-state index contributed by atoms with van der Waals surface area (Å²) in [5, 5.41) is 10.8. The number of ether oxygens (including phenoxy) is 1. The Morgan fingerprint density at radius 2 is 1.95 bits per heavy atom. The van der Waals surface area contributed by atoms with Crippen molar-refractivity contribution in [1.82, 2.24) is 0 Å². The second-order valence-corrected chi connectivity index (χ2v) is 6.31. The van der Waals surface area contributed by atoms with Gasteiger partial charge in [0.2, 0.25) is 0 Å². The molecule has 1 aromatic rings. The average Bonchev–Trinajstić information content (AvgIpc) is 2.42. The fourth-order valence-electron chi connectivity index (χ4n) is 3.07. The minimum Gasteiger partial charge on any atom is -0.489 e. The lowest BCUT2D eigenvalue weighted by Gasteiger charge is -2.36. The maximum Gasteiger partial charge on any atom is 0.138 e. The van der Waals surface area contributed by atoms with Gasteiger partial charge in [-0.15, -0.1) is 0 Å². The number of aliphatic hydroxyl groups excluding tert-OH is 1. The van der Waals surface area contributed by atoms with Gasteiger partial charge < -0.3 is 14.7 Å². The maximum atomic E-state index is 10.2. The summed E-state index contributed by atoms with van der Waals surface area (Å²) >= 11 is 6.03. The molecule has 112 valence electrons. The molecule has 0 aromatic heterocycles. The lowest BCUT2D eigenvalue weighted by atomic mass is 9.97. The van der Waals surface area contributed by atoms with Gasteiger partial charge in [-0.3, -0.25) is 0 Å². The number of piperidine rings is 1. The first-order valence-electron chi connectivity index (χ1n) is 7.49. The SMILES string of the molecule is C[C@@H]1CCC[C@H](C)[NH+]1C[C@H](O)COc1ccccc1Cl. The zero-order valence-electron chi connectivity index (χ0n) is 12.3. The molecule has 2 rings (SSSR count). The van der Waals surface area contributed by atoms with Crippen LogP contribution in [0.15, 0.2) is 24.3 Å². The molecule has 0 spiro atoms. The maximum absolute atomic E-state index is 10.2. The second-order valence-electron chi connectivity index (χ2n) is 5.91. The summed E-state index contributed by atoms with van der Waals surface area (Å²) in [4.78, 5) is 1.49. The molecule has 0 aliphatic carbocycles. The Labute approximate surface area is 126 Å². The third-order valence-electron chi connectivity index (χ3n) is 4.28. The summed E-state index contributed by atoms with van der Waals surface area (Å²) in [6.07, 6.45) is 3.34. The van der Waals surface area contributed by atoms with E-state index in [0.29, 0.717) is 29.5 Å². The normalized spacial score (nSPS) is 28.1. The van der Waals surface area contributed by atoms with E-state index in [4.69, 9.17) is 16.3 Å². The van der Waals surface area contributed by atoms with Crippen LogP contribution in [0.5, 0.6) is 5.75 Å². The van der Waals surface area contributed by atoms with Gasteiger partial charge in [0.1, 0.15) is 25.0 Å². The highest BCUT2D eigenvalue weighted by Gasteiger charge is 2.30. The van der Waals surface area contributed by atoms with E-state index in [1.165, 1.54) is 24.2 Å². The van der Waals surface area contributed by atoms with Crippen molar-refractivity contribution in [2.24, 2.45) is 0 Å². The van der Waals surface area contributed by atoms with Crippen LogP contribution in [0.4, 0.5) is 0 Å². The minimum atomic E-state index is -0.454. The van der Waals surface area contributed by atoms with Gasteiger partial charge in [0, 0.05) is 0 Å². The van der Waals surface area contributed by atoms with Crippen LogP contribution in [0.3, 0.4) is 0 Å². The second kappa shape index (κ2) is 7.30. The number of hydrogen-bond donors (Lipinski definition) is 2. The number of aliphatic hydroxyl groups is 1. The van der Waals surface area contributed by atoms with Gasteiger partial charge in [-0.05, 0) is 45.2 Å². The summed E-state index contributed by atoms with van der Waals surface area (Å²) in [6.45, 7) is 5.58. The first-order chi connectivity index (χ1) is 9.58. The fraction of sp³-hybridized carbons (Fsp3) is 0.625. The van der Waals surface area contributed by atoms with Gasteiger partial charge in [-0.1, -0.05) is 23.7 Å². The third-order valence-corrected chi connectivity index (χ3v) is 4.59. The summed E-state index contributed by atoms with van der Waals surface area (Å²) < 4.78 is 5.62. The van der Waals surface area contributed by atoms with Crippen molar-refractivity contribution >= 4 is 11.6 Å². The number of halogens is 1. The number of nitrogens with one attached hydrogen (secondary N) is 1. The predicted octanol–water partition coefficient (Wildman–Crippen LogP) is 1.93. The topological polar surface area (TPSA) is 33.9 Å². The number of para-hydroxylation sites is 1. The highest BCUT2D eigenvalue weighted by Crippen LogP contribution is 2.23. The third kappa shape index (κ3) is 4.11. The molecule has 0 bridgehead atoms. The van der Waals surface area contributed by atoms with E-state index in [-0.39, 0.29) is 0 Å². The van der Waals surface area contributed by atoms with Crippen LogP contribution in [-0.2, 0) is 0 Å². The molecular formula is C16H25ClNO2+. The molecule has 0 amide bonds. The van der Waals surface area contributed by atoms with Crippen molar-refractivity contribution in [1.29, 1.82) is 0 Å². The van der Waals surface area contributed by atoms with Crippen LogP contribution >= 0.6 is 11.6 Å². The van der Waals surface area contributed by atoms with Crippen molar-refractivity contribution in [3.8, 4) is 5.75 Å². The van der Waals surface area contributed by atoms with Gasteiger partial charge >= 0.3 is 0 Å². The molecule has 1 aliphatic rings. The lowest BCUT2D eigenvalue weighted by molar-refractivity contribution is -0.954. The van der Waals surface area contributed by atoms with E-state index < -0.39 is 6.10 Å². The Bertz CT molecular complexity index is 417. The lowest BCUT2D eigenvalue weighted by Crippen LogP contribution is -3.20. The molecule has 1 saturated heterocycles. The van der Waals surface area contributed by atoms with Crippen LogP contribution in [0.25, 0.3) is 0 Å². The predicted molar refractivity (Wildman–Crippen MR) is 81.6 cm³/mol. The molecule has 20 heavy (non-hydrogen) atoms. The van der Waals surface area contributed by atoms with Gasteiger partial charge in [-0.2, -0.15) is 0 Å². The smallest absolute Gasteiger partial charge is 0.138 e. The molecule has 1 aliphatic heterocycles. The van der Waals surface area contributed by atoms with E-state index >= 15 is 0 Å². The molecule has 3 nitrogen and oxygen atoms in total. The number of likely N-dealkylation sites (tertiary alicyclic amines) is 1. The fourth-order valence-corrected chi connectivity index (χ4v) is 3.26. The number of quaternary nitrogens is 1. The molecule has 2 N–H and O–H groups in total. The summed E-state index contributed by atoms with van der Waals surface area (Å²) in [6, 6.07) is 8.61. The van der Waals surface area contributed by atoms with Crippen LogP contribution in [0.1, 0.15) is 33.1 Å². The molecule has 1 aromatic carbocycles. The molecule has 1 fully saturated rings. The number of hydrogen-bond acceptors (Lipinski definition) is 2. The van der Waals surface area contributed by atoms with Crippen molar-refractivity contribution in [3.05, 3.63) is 29.3 Å². The summed E-state index contributed by atoms with van der Waals surface area (Å²) in [5.74, 6) is 0.642. The molecule has 1 unspecified atom stereocenters. The van der Waals surface area contributed by atoms with E-state index in [1.54, 1.807) is 6.07 Å². The largest absolute Gasteiger partial charge is 0.489 e. The quantitative estimate of drug-likeness (QED) is 0.871. The van der Waals surface area contributed by atoms with Gasteiger partial charge in [-0.25, -0.2) is 0 Å². The molecule has 1 heterocycles.